The first-order chi connectivity index (χ1) is 12.0. The monoisotopic (exact) mass is 339 g/mol. The van der Waals surface area contributed by atoms with E-state index in [1.807, 2.05) is 42.5 Å². The van der Waals surface area contributed by atoms with E-state index in [-0.39, 0.29) is 11.9 Å². The molecule has 0 radical (unpaired) electrons. The minimum Gasteiger partial charge on any atom is -0.497 e. The zero-order valence-electron chi connectivity index (χ0n) is 14.5. The lowest BCUT2D eigenvalue weighted by Gasteiger charge is -2.47. The lowest BCUT2D eigenvalue weighted by Crippen LogP contribution is -2.60. The van der Waals surface area contributed by atoms with Gasteiger partial charge in [-0.3, -0.25) is 9.59 Å². The van der Waals surface area contributed by atoms with E-state index in [0.717, 1.165) is 11.1 Å². The van der Waals surface area contributed by atoms with E-state index in [4.69, 9.17) is 9.47 Å². The molecule has 0 spiro atoms. The first kappa shape index (κ1) is 17.0. The molecule has 1 aliphatic rings. The Morgan fingerprint density at radius 1 is 1.08 bits per heavy atom. The molecule has 1 heterocycles. The summed E-state index contributed by atoms with van der Waals surface area (Å²) in [6.07, 6.45) is 0. The van der Waals surface area contributed by atoms with Crippen molar-refractivity contribution < 1.29 is 19.1 Å². The molecule has 3 atom stereocenters. The second-order valence-electron chi connectivity index (χ2n) is 6.30. The van der Waals surface area contributed by atoms with Crippen LogP contribution in [0.5, 0.6) is 5.75 Å². The van der Waals surface area contributed by atoms with Gasteiger partial charge in [-0.25, -0.2) is 0 Å². The Hall–Kier alpha value is -2.82. The fraction of sp³-hybridized carbons (Fsp3) is 0.300. The highest BCUT2D eigenvalue weighted by Gasteiger charge is 2.54. The van der Waals surface area contributed by atoms with Crippen LogP contribution in [0.1, 0.15) is 31.0 Å². The summed E-state index contributed by atoms with van der Waals surface area (Å²) in [5, 5.41) is 2.93. The maximum absolute atomic E-state index is 12.4. The molecule has 25 heavy (non-hydrogen) atoms. The molecular formula is C20H21NO4. The topological polar surface area (TPSA) is 64.6 Å². The Morgan fingerprint density at radius 3 is 2.24 bits per heavy atom. The highest BCUT2D eigenvalue weighted by molar-refractivity contribution is 5.88. The van der Waals surface area contributed by atoms with Crippen LogP contribution in [-0.2, 0) is 19.9 Å². The van der Waals surface area contributed by atoms with Crippen molar-refractivity contribution in [3.05, 3.63) is 65.7 Å². The number of amides is 1. The molecule has 1 fully saturated rings. The number of carbonyl (C=O) groups excluding carboxylic acids is 2. The van der Waals surface area contributed by atoms with Gasteiger partial charge < -0.3 is 14.8 Å². The summed E-state index contributed by atoms with van der Waals surface area (Å²) in [5.74, 6) is -0.364. The molecule has 1 N–H and O–H groups in total. The lowest BCUT2D eigenvalue weighted by molar-refractivity contribution is -0.175. The predicted octanol–water partition coefficient (Wildman–Crippen LogP) is 2.96. The van der Waals surface area contributed by atoms with E-state index in [2.05, 4.69) is 5.32 Å². The van der Waals surface area contributed by atoms with Crippen molar-refractivity contribution in [3.63, 3.8) is 0 Å². The van der Waals surface area contributed by atoms with Gasteiger partial charge in [-0.15, -0.1) is 0 Å². The van der Waals surface area contributed by atoms with E-state index < -0.39 is 17.5 Å². The third-order valence-electron chi connectivity index (χ3n) is 4.68. The minimum atomic E-state index is -1.07. The summed E-state index contributed by atoms with van der Waals surface area (Å²) in [6.45, 7) is 3.14. The van der Waals surface area contributed by atoms with Crippen molar-refractivity contribution in [2.24, 2.45) is 5.92 Å². The molecule has 2 aromatic carbocycles. The van der Waals surface area contributed by atoms with E-state index in [0.29, 0.717) is 5.75 Å². The van der Waals surface area contributed by atoms with Gasteiger partial charge in [-0.05, 0) is 30.2 Å². The van der Waals surface area contributed by atoms with Gasteiger partial charge in [0.25, 0.3) is 0 Å². The lowest BCUT2D eigenvalue weighted by atomic mass is 9.71. The van der Waals surface area contributed by atoms with Gasteiger partial charge in [0.15, 0.2) is 0 Å². The van der Waals surface area contributed by atoms with Gasteiger partial charge in [0.05, 0.1) is 13.2 Å². The standard InChI is InChI=1S/C20H21NO4/c1-13(22)25-20(2,15-9-11-16(24-3)12-10-15)17-18(21-19(17)23)14-7-5-4-6-8-14/h4-12,17-18H,1-3H3,(H,21,23)/t17-,18-,20-/m1/s1. The summed E-state index contributed by atoms with van der Waals surface area (Å²) in [7, 11) is 1.59. The molecular weight excluding hydrogens is 318 g/mol. The number of hydrogen-bond donors (Lipinski definition) is 1. The fourth-order valence-electron chi connectivity index (χ4n) is 3.41. The summed E-state index contributed by atoms with van der Waals surface area (Å²) in [5.41, 5.74) is 0.671. The molecule has 0 aliphatic carbocycles. The first-order valence-corrected chi connectivity index (χ1v) is 8.15. The van der Waals surface area contributed by atoms with Crippen LogP contribution in [0.2, 0.25) is 0 Å². The Bertz CT molecular complexity index is 772. The van der Waals surface area contributed by atoms with Crippen LogP contribution in [0.4, 0.5) is 0 Å². The van der Waals surface area contributed by atoms with Gasteiger partial charge in [-0.1, -0.05) is 42.5 Å². The zero-order valence-corrected chi connectivity index (χ0v) is 14.5. The van der Waals surface area contributed by atoms with E-state index in [1.54, 1.807) is 26.2 Å². The second kappa shape index (κ2) is 6.59. The molecule has 1 saturated heterocycles. The van der Waals surface area contributed by atoms with Crippen molar-refractivity contribution in [2.75, 3.05) is 7.11 Å². The third kappa shape index (κ3) is 3.09. The van der Waals surface area contributed by atoms with Gasteiger partial charge in [-0.2, -0.15) is 0 Å². The third-order valence-corrected chi connectivity index (χ3v) is 4.68. The normalized spacial score (nSPS) is 21.5. The van der Waals surface area contributed by atoms with Crippen LogP contribution >= 0.6 is 0 Å². The van der Waals surface area contributed by atoms with Gasteiger partial charge in [0, 0.05) is 6.92 Å². The van der Waals surface area contributed by atoms with Crippen LogP contribution in [0, 0.1) is 5.92 Å². The van der Waals surface area contributed by atoms with Crippen molar-refractivity contribution in [3.8, 4) is 5.75 Å². The highest BCUT2D eigenvalue weighted by atomic mass is 16.6. The second-order valence-corrected chi connectivity index (χ2v) is 6.30. The molecule has 5 nitrogen and oxygen atoms in total. The molecule has 0 unspecified atom stereocenters. The van der Waals surface area contributed by atoms with Crippen molar-refractivity contribution in [1.29, 1.82) is 0 Å². The maximum Gasteiger partial charge on any atom is 0.303 e. The van der Waals surface area contributed by atoms with Crippen LogP contribution in [0.3, 0.4) is 0 Å². The van der Waals surface area contributed by atoms with E-state index in [1.165, 1.54) is 6.92 Å². The molecule has 2 aromatic rings. The Labute approximate surface area is 147 Å². The smallest absolute Gasteiger partial charge is 0.303 e. The zero-order chi connectivity index (χ0) is 18.0. The highest BCUT2D eigenvalue weighted by Crippen LogP contribution is 2.46. The number of carbonyl (C=O) groups is 2. The number of ether oxygens (including phenoxy) is 2. The molecule has 0 aromatic heterocycles. The molecule has 130 valence electrons. The Morgan fingerprint density at radius 2 is 1.72 bits per heavy atom. The average Bonchev–Trinajstić information content (AvgIpc) is 2.59. The quantitative estimate of drug-likeness (QED) is 0.672. The fourth-order valence-corrected chi connectivity index (χ4v) is 3.41. The largest absolute Gasteiger partial charge is 0.497 e. The predicted molar refractivity (Wildman–Crippen MR) is 92.9 cm³/mol. The maximum atomic E-state index is 12.4. The van der Waals surface area contributed by atoms with Crippen LogP contribution in [0.15, 0.2) is 54.6 Å². The number of β-lactam (4-membered cyclic amide) rings is 1. The molecule has 3 rings (SSSR count). The van der Waals surface area contributed by atoms with Crippen molar-refractivity contribution in [2.45, 2.75) is 25.5 Å². The number of esters is 1. The molecule has 5 heteroatoms. The number of methoxy groups -OCH3 is 1. The van der Waals surface area contributed by atoms with Crippen molar-refractivity contribution in [1.82, 2.24) is 5.32 Å². The van der Waals surface area contributed by atoms with E-state index >= 15 is 0 Å². The molecule has 1 aliphatic heterocycles. The molecule has 1 amide bonds. The summed E-state index contributed by atoms with van der Waals surface area (Å²) in [6, 6.07) is 16.7. The van der Waals surface area contributed by atoms with Gasteiger partial charge in [0.1, 0.15) is 17.3 Å². The molecule has 0 bridgehead atoms. The van der Waals surface area contributed by atoms with Crippen LogP contribution in [-0.4, -0.2) is 19.0 Å². The first-order valence-electron chi connectivity index (χ1n) is 8.15. The van der Waals surface area contributed by atoms with E-state index in [9.17, 15) is 9.59 Å². The van der Waals surface area contributed by atoms with Gasteiger partial charge >= 0.3 is 5.97 Å². The SMILES string of the molecule is COc1ccc([C@@](C)(OC(C)=O)[C@H]2C(=O)N[C@@H]2c2ccccc2)cc1. The average molecular weight is 339 g/mol. The summed E-state index contributed by atoms with van der Waals surface area (Å²) < 4.78 is 10.9. The van der Waals surface area contributed by atoms with Crippen LogP contribution in [0.25, 0.3) is 0 Å². The van der Waals surface area contributed by atoms with Gasteiger partial charge in [0.2, 0.25) is 5.91 Å². The number of benzene rings is 2. The summed E-state index contributed by atoms with van der Waals surface area (Å²) in [4.78, 5) is 24.2. The Kier molecular flexibility index (Phi) is 4.49. The Balaban J connectivity index is 2.01. The summed E-state index contributed by atoms with van der Waals surface area (Å²) >= 11 is 0. The number of rotatable bonds is 5. The molecule has 0 saturated carbocycles. The number of hydrogen-bond acceptors (Lipinski definition) is 4. The number of nitrogens with one attached hydrogen (secondary N) is 1. The van der Waals surface area contributed by atoms with Crippen molar-refractivity contribution >= 4 is 11.9 Å². The van der Waals surface area contributed by atoms with Crippen LogP contribution < -0.4 is 10.1 Å². The minimum absolute atomic E-state index is 0.131.